The van der Waals surface area contributed by atoms with Crippen LogP contribution < -0.4 is 0 Å². The second-order valence-electron chi connectivity index (χ2n) is 3.31. The number of halogens is 1. The average molecular weight is 213 g/mol. The lowest BCUT2D eigenvalue weighted by Gasteiger charge is -2.07. The normalized spacial score (nSPS) is 10.2. The van der Waals surface area contributed by atoms with Crippen LogP contribution in [0, 0.1) is 6.92 Å². The van der Waals surface area contributed by atoms with E-state index in [0.29, 0.717) is 10.6 Å². The number of carbonyl (C=O) groups is 1. The van der Waals surface area contributed by atoms with E-state index in [0.717, 1.165) is 24.0 Å². The molecule has 1 aromatic carbocycles. The van der Waals surface area contributed by atoms with E-state index in [9.17, 15) is 4.79 Å². The minimum atomic E-state index is -0.881. The highest BCUT2D eigenvalue weighted by Gasteiger charge is 2.11. The summed E-state index contributed by atoms with van der Waals surface area (Å²) in [5.41, 5.74) is 1.99. The first-order valence-electron chi connectivity index (χ1n) is 4.58. The fourth-order valence-corrected chi connectivity index (χ4v) is 1.58. The molecule has 76 valence electrons. The van der Waals surface area contributed by atoms with Gasteiger partial charge in [0.05, 0.1) is 5.56 Å². The molecule has 0 spiro atoms. The molecule has 0 radical (unpaired) electrons. The van der Waals surface area contributed by atoms with E-state index in [4.69, 9.17) is 16.7 Å². The zero-order valence-electron chi connectivity index (χ0n) is 8.30. The molecule has 3 heteroatoms. The van der Waals surface area contributed by atoms with Crippen molar-refractivity contribution in [2.24, 2.45) is 0 Å². The molecule has 0 amide bonds. The zero-order valence-corrected chi connectivity index (χ0v) is 9.06. The standard InChI is InChI=1S/C11H13ClO2/c1-3-4-8-6-10(12)7(2)5-9(8)11(13)14/h5-6H,3-4H2,1-2H3,(H,13,14). The van der Waals surface area contributed by atoms with Crippen LogP contribution >= 0.6 is 11.6 Å². The lowest BCUT2D eigenvalue weighted by atomic mass is 10.0. The number of aryl methyl sites for hydroxylation is 2. The van der Waals surface area contributed by atoms with Crippen LogP contribution in [0.2, 0.25) is 5.02 Å². The van der Waals surface area contributed by atoms with E-state index < -0.39 is 5.97 Å². The molecule has 0 aliphatic heterocycles. The molecule has 1 rings (SSSR count). The van der Waals surface area contributed by atoms with E-state index >= 15 is 0 Å². The number of rotatable bonds is 3. The fourth-order valence-electron chi connectivity index (χ4n) is 1.40. The monoisotopic (exact) mass is 212 g/mol. The maximum absolute atomic E-state index is 10.9. The summed E-state index contributed by atoms with van der Waals surface area (Å²) in [5.74, 6) is -0.881. The highest BCUT2D eigenvalue weighted by Crippen LogP contribution is 2.22. The molecule has 0 saturated heterocycles. The summed E-state index contributed by atoms with van der Waals surface area (Å²) in [4.78, 5) is 10.9. The van der Waals surface area contributed by atoms with Crippen LogP contribution in [0.1, 0.15) is 34.8 Å². The molecular weight excluding hydrogens is 200 g/mol. The van der Waals surface area contributed by atoms with Gasteiger partial charge in [-0.25, -0.2) is 4.79 Å². The molecule has 14 heavy (non-hydrogen) atoms. The van der Waals surface area contributed by atoms with Crippen molar-refractivity contribution in [3.8, 4) is 0 Å². The van der Waals surface area contributed by atoms with Gasteiger partial charge < -0.3 is 5.11 Å². The Balaban J connectivity index is 3.24. The fraction of sp³-hybridized carbons (Fsp3) is 0.364. The maximum atomic E-state index is 10.9. The first kappa shape index (κ1) is 11.1. The topological polar surface area (TPSA) is 37.3 Å². The van der Waals surface area contributed by atoms with Crippen LogP contribution in [0.5, 0.6) is 0 Å². The first-order valence-corrected chi connectivity index (χ1v) is 4.96. The Morgan fingerprint density at radius 1 is 1.50 bits per heavy atom. The predicted molar refractivity (Wildman–Crippen MR) is 57.1 cm³/mol. The van der Waals surface area contributed by atoms with Gasteiger partial charge in [0.2, 0.25) is 0 Å². The molecule has 0 bridgehead atoms. The van der Waals surface area contributed by atoms with E-state index in [1.54, 1.807) is 12.1 Å². The minimum Gasteiger partial charge on any atom is -0.478 e. The summed E-state index contributed by atoms with van der Waals surface area (Å²) in [5, 5.41) is 9.60. The number of carboxylic acid groups (broad SMARTS) is 1. The van der Waals surface area contributed by atoms with Crippen molar-refractivity contribution in [1.29, 1.82) is 0 Å². The van der Waals surface area contributed by atoms with Crippen molar-refractivity contribution in [3.05, 3.63) is 33.8 Å². The second-order valence-corrected chi connectivity index (χ2v) is 3.72. The Hall–Kier alpha value is -1.02. The van der Waals surface area contributed by atoms with Crippen LogP contribution in [-0.2, 0) is 6.42 Å². The largest absolute Gasteiger partial charge is 0.478 e. The molecule has 0 aliphatic carbocycles. The Labute approximate surface area is 88.5 Å². The molecule has 0 aromatic heterocycles. The third-order valence-corrected chi connectivity index (χ3v) is 2.54. The molecule has 0 saturated carbocycles. The van der Waals surface area contributed by atoms with Gasteiger partial charge in [-0.05, 0) is 36.6 Å². The highest BCUT2D eigenvalue weighted by molar-refractivity contribution is 6.31. The molecule has 0 heterocycles. The van der Waals surface area contributed by atoms with E-state index in [-0.39, 0.29) is 0 Å². The third-order valence-electron chi connectivity index (χ3n) is 2.13. The Kier molecular flexibility index (Phi) is 3.53. The number of aromatic carboxylic acids is 1. The highest BCUT2D eigenvalue weighted by atomic mass is 35.5. The summed E-state index contributed by atoms with van der Waals surface area (Å²) in [6, 6.07) is 3.39. The van der Waals surface area contributed by atoms with Gasteiger partial charge >= 0.3 is 5.97 Å². The van der Waals surface area contributed by atoms with Crippen molar-refractivity contribution >= 4 is 17.6 Å². The quantitative estimate of drug-likeness (QED) is 0.835. The molecule has 0 atom stereocenters. The van der Waals surface area contributed by atoms with Gasteiger partial charge in [-0.15, -0.1) is 0 Å². The SMILES string of the molecule is CCCc1cc(Cl)c(C)cc1C(=O)O. The van der Waals surface area contributed by atoms with Crippen molar-refractivity contribution in [3.63, 3.8) is 0 Å². The number of hydrogen-bond acceptors (Lipinski definition) is 1. The lowest BCUT2D eigenvalue weighted by molar-refractivity contribution is 0.0695. The van der Waals surface area contributed by atoms with Crippen LogP contribution in [0.25, 0.3) is 0 Å². The van der Waals surface area contributed by atoms with E-state index in [1.165, 1.54) is 0 Å². The Bertz CT molecular complexity index is 359. The zero-order chi connectivity index (χ0) is 10.7. The van der Waals surface area contributed by atoms with Crippen molar-refractivity contribution in [2.75, 3.05) is 0 Å². The summed E-state index contributed by atoms with van der Waals surface area (Å²) in [6.07, 6.45) is 1.67. The van der Waals surface area contributed by atoms with Crippen LogP contribution in [-0.4, -0.2) is 11.1 Å². The van der Waals surface area contributed by atoms with Crippen LogP contribution in [0.15, 0.2) is 12.1 Å². The first-order chi connectivity index (χ1) is 6.56. The summed E-state index contributed by atoms with van der Waals surface area (Å²) >= 11 is 5.93. The molecule has 2 nitrogen and oxygen atoms in total. The van der Waals surface area contributed by atoms with E-state index in [2.05, 4.69) is 0 Å². The average Bonchev–Trinajstić information content (AvgIpc) is 2.11. The Morgan fingerprint density at radius 3 is 2.64 bits per heavy atom. The van der Waals surface area contributed by atoms with Crippen LogP contribution in [0.3, 0.4) is 0 Å². The van der Waals surface area contributed by atoms with Gasteiger partial charge in [-0.3, -0.25) is 0 Å². The van der Waals surface area contributed by atoms with Crippen molar-refractivity contribution in [2.45, 2.75) is 26.7 Å². The van der Waals surface area contributed by atoms with Gasteiger partial charge in [0.1, 0.15) is 0 Å². The predicted octanol–water partition coefficient (Wildman–Crippen LogP) is 3.30. The van der Waals surface area contributed by atoms with Gasteiger partial charge in [0.25, 0.3) is 0 Å². The molecular formula is C11H13ClO2. The van der Waals surface area contributed by atoms with Crippen LogP contribution in [0.4, 0.5) is 0 Å². The molecule has 0 fully saturated rings. The summed E-state index contributed by atoms with van der Waals surface area (Å²) in [7, 11) is 0. The van der Waals surface area contributed by atoms with E-state index in [1.807, 2.05) is 13.8 Å². The van der Waals surface area contributed by atoms with Gasteiger partial charge in [-0.1, -0.05) is 24.9 Å². The minimum absolute atomic E-state index is 0.369. The van der Waals surface area contributed by atoms with Gasteiger partial charge in [-0.2, -0.15) is 0 Å². The molecule has 1 N–H and O–H groups in total. The third kappa shape index (κ3) is 2.26. The van der Waals surface area contributed by atoms with Gasteiger partial charge in [0, 0.05) is 5.02 Å². The van der Waals surface area contributed by atoms with Gasteiger partial charge in [0.15, 0.2) is 0 Å². The number of hydrogen-bond donors (Lipinski definition) is 1. The molecule has 0 unspecified atom stereocenters. The molecule has 0 aliphatic rings. The van der Waals surface area contributed by atoms with Crippen molar-refractivity contribution < 1.29 is 9.90 Å². The number of carboxylic acids is 1. The molecule has 1 aromatic rings. The Morgan fingerprint density at radius 2 is 2.14 bits per heavy atom. The second kappa shape index (κ2) is 4.47. The van der Waals surface area contributed by atoms with Crippen molar-refractivity contribution in [1.82, 2.24) is 0 Å². The number of benzene rings is 1. The summed E-state index contributed by atoms with van der Waals surface area (Å²) < 4.78 is 0. The maximum Gasteiger partial charge on any atom is 0.335 e. The smallest absolute Gasteiger partial charge is 0.335 e. The lowest BCUT2D eigenvalue weighted by Crippen LogP contribution is -2.03. The summed E-state index contributed by atoms with van der Waals surface area (Å²) in [6.45, 7) is 3.82.